The molecular formula is C27H23F3N2O5. The number of anilines is 1. The molecule has 0 aliphatic carbocycles. The minimum Gasteiger partial charge on any atom is -0.493 e. The van der Waals surface area contributed by atoms with E-state index in [1.54, 1.807) is 18.2 Å². The monoisotopic (exact) mass is 512 g/mol. The molecule has 1 atom stereocenters. The second-order valence-electron chi connectivity index (χ2n) is 9.38. The van der Waals surface area contributed by atoms with E-state index < -0.39 is 22.4 Å². The predicted molar refractivity (Wildman–Crippen MR) is 131 cm³/mol. The number of nitrogens with zero attached hydrogens (tertiary/aromatic N) is 2. The number of nitro groups is 1. The van der Waals surface area contributed by atoms with E-state index in [0.717, 1.165) is 16.8 Å². The van der Waals surface area contributed by atoms with E-state index >= 15 is 0 Å². The summed E-state index contributed by atoms with van der Waals surface area (Å²) in [6.45, 7) is 4.39. The molecule has 1 unspecified atom stereocenters. The maximum absolute atomic E-state index is 12.6. The Morgan fingerprint density at radius 3 is 2.43 bits per heavy atom. The van der Waals surface area contributed by atoms with E-state index in [-0.39, 0.29) is 17.2 Å². The van der Waals surface area contributed by atoms with E-state index in [2.05, 4.69) is 4.74 Å². The van der Waals surface area contributed by atoms with Gasteiger partial charge in [0.1, 0.15) is 5.75 Å². The fourth-order valence-electron chi connectivity index (χ4n) is 5.10. The van der Waals surface area contributed by atoms with Crippen molar-refractivity contribution in [3.05, 3.63) is 93.5 Å². The summed E-state index contributed by atoms with van der Waals surface area (Å²) in [4.78, 5) is 13.0. The summed E-state index contributed by atoms with van der Waals surface area (Å²) < 4.78 is 54.0. The maximum atomic E-state index is 12.6. The summed E-state index contributed by atoms with van der Waals surface area (Å²) in [5.74, 6) is 0.297. The van der Waals surface area contributed by atoms with Gasteiger partial charge in [0.15, 0.2) is 11.5 Å². The number of para-hydroxylation sites is 1. The van der Waals surface area contributed by atoms with Crippen molar-refractivity contribution in [2.24, 2.45) is 0 Å². The van der Waals surface area contributed by atoms with Gasteiger partial charge in [0.25, 0.3) is 5.69 Å². The smallest absolute Gasteiger partial charge is 0.493 e. The van der Waals surface area contributed by atoms with Gasteiger partial charge in [0.2, 0.25) is 5.72 Å². The van der Waals surface area contributed by atoms with E-state index in [4.69, 9.17) is 9.47 Å². The number of hydrogen-bond acceptors (Lipinski definition) is 6. The highest BCUT2D eigenvalue weighted by molar-refractivity contribution is 5.75. The van der Waals surface area contributed by atoms with Gasteiger partial charge < -0.3 is 19.1 Å². The number of hydrogen-bond donors (Lipinski definition) is 0. The fraction of sp³-hybridized carbons (Fsp3) is 0.259. The van der Waals surface area contributed by atoms with Crippen LogP contribution in [0.2, 0.25) is 0 Å². The predicted octanol–water partition coefficient (Wildman–Crippen LogP) is 6.60. The second-order valence-corrected chi connectivity index (χ2v) is 9.38. The van der Waals surface area contributed by atoms with Crippen LogP contribution in [-0.4, -0.2) is 24.1 Å². The van der Waals surface area contributed by atoms with Crippen molar-refractivity contribution >= 4 is 17.5 Å². The molecule has 0 radical (unpaired) electrons. The lowest BCUT2D eigenvalue weighted by Gasteiger charge is -2.47. The molecule has 0 bridgehead atoms. The van der Waals surface area contributed by atoms with Crippen LogP contribution in [0.3, 0.4) is 0 Å². The summed E-state index contributed by atoms with van der Waals surface area (Å²) in [7, 11) is 1.42. The number of alkyl halides is 3. The normalized spacial score (nSPS) is 19.2. The van der Waals surface area contributed by atoms with Gasteiger partial charge in [-0.15, -0.1) is 13.2 Å². The van der Waals surface area contributed by atoms with Crippen molar-refractivity contribution in [1.29, 1.82) is 0 Å². The van der Waals surface area contributed by atoms with Crippen LogP contribution in [0.1, 0.15) is 30.5 Å². The molecule has 0 N–H and O–H groups in total. The standard InChI is InChI=1S/C27H23F3N2O5/c1-25(2)21-6-4-5-7-22(21)31(16-17-8-10-20(11-9-17)36-27(28,29)30)26(25)13-12-18-14-19(32(33)34)15-23(35-3)24(18)37-26/h4-15H,16H2,1-3H3. The van der Waals surface area contributed by atoms with Gasteiger partial charge in [-0.3, -0.25) is 10.1 Å². The molecule has 2 aliphatic rings. The average Bonchev–Trinajstić information content (AvgIpc) is 3.02. The van der Waals surface area contributed by atoms with Crippen LogP contribution in [0.4, 0.5) is 24.5 Å². The van der Waals surface area contributed by atoms with E-state index in [0.29, 0.717) is 17.9 Å². The minimum absolute atomic E-state index is 0.119. The molecule has 1 spiro atoms. The molecule has 37 heavy (non-hydrogen) atoms. The lowest BCUT2D eigenvalue weighted by atomic mass is 9.76. The number of nitro benzene ring substituents is 1. The highest BCUT2D eigenvalue weighted by Crippen LogP contribution is 2.56. The Balaban J connectivity index is 1.59. The van der Waals surface area contributed by atoms with Crippen molar-refractivity contribution in [1.82, 2.24) is 0 Å². The van der Waals surface area contributed by atoms with Gasteiger partial charge in [-0.05, 0) is 55.3 Å². The van der Waals surface area contributed by atoms with Crippen molar-refractivity contribution in [2.75, 3.05) is 12.0 Å². The molecular weight excluding hydrogens is 489 g/mol. The first-order valence-electron chi connectivity index (χ1n) is 11.4. The molecule has 2 heterocycles. The molecule has 0 fully saturated rings. The van der Waals surface area contributed by atoms with Crippen molar-refractivity contribution < 1.29 is 32.3 Å². The molecule has 192 valence electrons. The van der Waals surface area contributed by atoms with Gasteiger partial charge >= 0.3 is 6.36 Å². The zero-order valence-electron chi connectivity index (χ0n) is 20.2. The number of benzene rings is 3. The number of ether oxygens (including phenoxy) is 3. The Morgan fingerprint density at radius 2 is 1.78 bits per heavy atom. The average molecular weight is 512 g/mol. The fourth-order valence-corrected chi connectivity index (χ4v) is 5.10. The number of fused-ring (bicyclic) bond motifs is 2. The lowest BCUT2D eigenvalue weighted by molar-refractivity contribution is -0.385. The number of non-ortho nitro benzene ring substituents is 1. The van der Waals surface area contributed by atoms with Gasteiger partial charge in [0, 0.05) is 23.9 Å². The highest BCUT2D eigenvalue weighted by Gasteiger charge is 2.59. The summed E-state index contributed by atoms with van der Waals surface area (Å²) in [6, 6.07) is 16.3. The molecule has 5 rings (SSSR count). The molecule has 7 nitrogen and oxygen atoms in total. The lowest BCUT2D eigenvalue weighted by Crippen LogP contribution is -2.59. The molecule has 0 saturated heterocycles. The molecule has 10 heteroatoms. The molecule has 3 aromatic rings. The Morgan fingerprint density at radius 1 is 1.08 bits per heavy atom. The summed E-state index contributed by atoms with van der Waals surface area (Å²) in [5, 5.41) is 11.4. The molecule has 0 amide bonds. The first kappa shape index (κ1) is 24.5. The van der Waals surface area contributed by atoms with Crippen LogP contribution >= 0.6 is 0 Å². The minimum atomic E-state index is -4.77. The third-order valence-corrected chi connectivity index (χ3v) is 6.91. The first-order valence-corrected chi connectivity index (χ1v) is 11.4. The molecule has 0 aromatic heterocycles. The van der Waals surface area contributed by atoms with Crippen LogP contribution in [0.15, 0.2) is 66.7 Å². The van der Waals surface area contributed by atoms with Crippen LogP contribution in [-0.2, 0) is 12.0 Å². The first-order chi connectivity index (χ1) is 17.4. The summed E-state index contributed by atoms with van der Waals surface area (Å²) >= 11 is 0. The zero-order chi connectivity index (χ0) is 26.6. The maximum Gasteiger partial charge on any atom is 0.573 e. The van der Waals surface area contributed by atoms with Crippen LogP contribution in [0, 0.1) is 10.1 Å². The highest BCUT2D eigenvalue weighted by atomic mass is 19.4. The molecule has 2 aliphatic heterocycles. The summed E-state index contributed by atoms with van der Waals surface area (Å²) in [5.41, 5.74) is 1.39. The van der Waals surface area contributed by atoms with E-state index in [1.165, 1.54) is 31.4 Å². The number of methoxy groups -OCH3 is 1. The third-order valence-electron chi connectivity index (χ3n) is 6.91. The SMILES string of the molecule is COc1cc([N+](=O)[O-])cc2c1OC1(C=C2)N(Cc2ccc(OC(F)(F)F)cc2)c2ccccc2C1(C)C. The Hall–Kier alpha value is -4.21. The van der Waals surface area contributed by atoms with E-state index in [1.807, 2.05) is 49.1 Å². The molecule has 0 saturated carbocycles. The van der Waals surface area contributed by atoms with Crippen molar-refractivity contribution in [2.45, 2.75) is 37.9 Å². The van der Waals surface area contributed by atoms with Crippen LogP contribution in [0.5, 0.6) is 17.2 Å². The second kappa shape index (κ2) is 8.43. The number of rotatable bonds is 5. The van der Waals surface area contributed by atoms with Crippen molar-refractivity contribution in [3.8, 4) is 17.2 Å². The summed E-state index contributed by atoms with van der Waals surface area (Å²) in [6.07, 6.45) is -1.11. The topological polar surface area (TPSA) is 74.1 Å². The molecule has 3 aromatic carbocycles. The Bertz CT molecular complexity index is 1400. The quantitative estimate of drug-likeness (QED) is 0.283. The van der Waals surface area contributed by atoms with Crippen LogP contribution < -0.4 is 19.1 Å². The zero-order valence-corrected chi connectivity index (χ0v) is 20.2. The Labute approximate surface area is 210 Å². The Kier molecular flexibility index (Phi) is 5.58. The third kappa shape index (κ3) is 4.02. The van der Waals surface area contributed by atoms with Gasteiger partial charge in [-0.1, -0.05) is 30.3 Å². The number of halogens is 3. The van der Waals surface area contributed by atoms with Crippen molar-refractivity contribution in [3.63, 3.8) is 0 Å². The van der Waals surface area contributed by atoms with Gasteiger partial charge in [-0.25, -0.2) is 0 Å². The largest absolute Gasteiger partial charge is 0.573 e. The van der Waals surface area contributed by atoms with Gasteiger partial charge in [0.05, 0.1) is 23.5 Å². The van der Waals surface area contributed by atoms with Crippen LogP contribution in [0.25, 0.3) is 6.08 Å². The van der Waals surface area contributed by atoms with Gasteiger partial charge in [-0.2, -0.15) is 0 Å². The van der Waals surface area contributed by atoms with E-state index in [9.17, 15) is 23.3 Å².